The Bertz CT molecular complexity index is 1430. The van der Waals surface area contributed by atoms with Crippen LogP contribution in [0.2, 0.25) is 0 Å². The van der Waals surface area contributed by atoms with Gasteiger partial charge in [0.2, 0.25) is 0 Å². The van der Waals surface area contributed by atoms with Crippen LogP contribution in [0.5, 0.6) is 11.5 Å². The van der Waals surface area contributed by atoms with Crippen LogP contribution in [0, 0.1) is 17.3 Å². The van der Waals surface area contributed by atoms with Crippen molar-refractivity contribution in [1.82, 2.24) is 10.3 Å². The Morgan fingerprint density at radius 2 is 1.83 bits per heavy atom. The molecule has 10 heteroatoms. The number of benzene rings is 2. The molecule has 2 heterocycles. The molecule has 2 aromatic carbocycles. The van der Waals surface area contributed by atoms with Crippen molar-refractivity contribution in [3.63, 3.8) is 0 Å². The van der Waals surface area contributed by atoms with E-state index in [1.807, 2.05) is 31.2 Å². The zero-order valence-corrected chi connectivity index (χ0v) is 20.7. The molecule has 2 N–H and O–H groups in total. The molecule has 0 bridgehead atoms. The lowest BCUT2D eigenvalue weighted by Gasteiger charge is -2.17. The van der Waals surface area contributed by atoms with Gasteiger partial charge in [0.15, 0.2) is 0 Å². The largest absolute Gasteiger partial charge is 0.618 e. The fraction of sp³-hybridized carbons (Fsp3) is 0.308. The molecule has 0 aliphatic carbocycles. The average Bonchev–Trinajstić information content (AvgIpc) is 2.89. The molecule has 0 spiro atoms. The lowest BCUT2D eigenvalue weighted by atomic mass is 10.1. The van der Waals surface area contributed by atoms with Gasteiger partial charge in [0.1, 0.15) is 11.5 Å². The number of methoxy groups -OCH3 is 2. The summed E-state index contributed by atoms with van der Waals surface area (Å²) in [5.74, 6) is 0.561. The summed E-state index contributed by atoms with van der Waals surface area (Å²) in [6.45, 7) is 3.85. The minimum atomic E-state index is -0.597. The molecule has 36 heavy (non-hydrogen) atoms. The number of hydrogen-bond acceptors (Lipinski definition) is 7. The van der Waals surface area contributed by atoms with Crippen LogP contribution in [0.4, 0.5) is 5.69 Å². The van der Waals surface area contributed by atoms with Crippen LogP contribution in [-0.2, 0) is 0 Å². The second-order valence-electron chi connectivity index (χ2n) is 8.57. The van der Waals surface area contributed by atoms with E-state index >= 15 is 0 Å². The number of amides is 1. The first kappa shape index (κ1) is 24.8. The molecule has 0 radical (unpaired) electrons. The Hall–Kier alpha value is -4.34. The van der Waals surface area contributed by atoms with Gasteiger partial charge in [-0.15, -0.1) is 4.73 Å². The van der Waals surface area contributed by atoms with Crippen LogP contribution in [0.25, 0.3) is 21.9 Å². The molecule has 0 fully saturated rings. The maximum Gasteiger partial charge on any atom is 0.350 e. The second-order valence-corrected chi connectivity index (χ2v) is 8.57. The van der Waals surface area contributed by atoms with Crippen molar-refractivity contribution in [2.24, 2.45) is 0 Å². The molecule has 1 amide bonds. The Morgan fingerprint density at radius 3 is 2.58 bits per heavy atom. The molecule has 0 aliphatic heterocycles. The second kappa shape index (κ2) is 10.5. The predicted molar refractivity (Wildman–Crippen MR) is 136 cm³/mol. The summed E-state index contributed by atoms with van der Waals surface area (Å²) in [5.41, 5.74) is 1.76. The van der Waals surface area contributed by atoms with Crippen molar-refractivity contribution in [3.05, 3.63) is 70.5 Å². The molecule has 188 valence electrons. The molecule has 0 aliphatic rings. The van der Waals surface area contributed by atoms with Gasteiger partial charge in [-0.25, -0.2) is 0 Å². The molecule has 4 rings (SSSR count). The Labute approximate surface area is 208 Å². The zero-order valence-electron chi connectivity index (χ0n) is 20.7. The maximum absolute atomic E-state index is 12.9. The number of nitrogens with one attached hydrogen (secondary N) is 2. The highest BCUT2D eigenvalue weighted by molar-refractivity contribution is 5.93. The van der Waals surface area contributed by atoms with Crippen molar-refractivity contribution in [2.45, 2.75) is 32.7 Å². The fourth-order valence-corrected chi connectivity index (χ4v) is 4.19. The molecule has 0 saturated heterocycles. The molecular weight excluding hydrogens is 462 g/mol. The third-order valence-corrected chi connectivity index (χ3v) is 6.10. The van der Waals surface area contributed by atoms with Crippen LogP contribution in [-0.4, -0.2) is 37.7 Å². The number of aromatic nitrogens is 3. The molecule has 10 nitrogen and oxygen atoms in total. The monoisotopic (exact) mass is 491 g/mol. The number of anilines is 1. The highest BCUT2D eigenvalue weighted by Crippen LogP contribution is 2.28. The van der Waals surface area contributed by atoms with E-state index in [-0.39, 0.29) is 28.5 Å². The average molecular weight is 492 g/mol. The van der Waals surface area contributed by atoms with E-state index in [2.05, 4.69) is 15.6 Å². The summed E-state index contributed by atoms with van der Waals surface area (Å²) in [6, 6.07) is 12.3. The highest BCUT2D eigenvalue weighted by atomic mass is 16.5. The number of nitrogens with zero attached hydrogens (tertiary/aromatic N) is 3. The van der Waals surface area contributed by atoms with E-state index in [9.17, 15) is 15.2 Å². The van der Waals surface area contributed by atoms with Crippen LogP contribution < -0.4 is 29.6 Å². The van der Waals surface area contributed by atoms with Gasteiger partial charge in [-0.2, -0.15) is 4.73 Å². The van der Waals surface area contributed by atoms with Gasteiger partial charge < -0.3 is 30.5 Å². The van der Waals surface area contributed by atoms with Gasteiger partial charge in [0.05, 0.1) is 31.5 Å². The van der Waals surface area contributed by atoms with Gasteiger partial charge in [0, 0.05) is 43.2 Å². The van der Waals surface area contributed by atoms with Crippen molar-refractivity contribution in [2.75, 3.05) is 26.1 Å². The first-order valence-electron chi connectivity index (χ1n) is 11.6. The number of fused-ring (bicyclic) bond motifs is 2. The highest BCUT2D eigenvalue weighted by Gasteiger charge is 2.30. The summed E-state index contributed by atoms with van der Waals surface area (Å²) in [4.78, 5) is 17.3. The molecule has 1 atom stereocenters. The zero-order chi connectivity index (χ0) is 25.8. The Kier molecular flexibility index (Phi) is 7.23. The van der Waals surface area contributed by atoms with E-state index in [4.69, 9.17) is 9.47 Å². The van der Waals surface area contributed by atoms with Crippen LogP contribution in [0.1, 0.15) is 35.9 Å². The Balaban J connectivity index is 1.40. The molecule has 1 unspecified atom stereocenters. The maximum atomic E-state index is 12.9. The molecule has 4 aromatic rings. The number of hydrogen-bond donors (Lipinski definition) is 2. The van der Waals surface area contributed by atoms with Gasteiger partial charge >= 0.3 is 11.6 Å². The van der Waals surface area contributed by atoms with Crippen LogP contribution in [0.15, 0.2) is 48.7 Å². The number of pyridine rings is 1. The minimum Gasteiger partial charge on any atom is -0.618 e. The van der Waals surface area contributed by atoms with Crippen molar-refractivity contribution >= 4 is 33.5 Å². The van der Waals surface area contributed by atoms with Crippen molar-refractivity contribution in [1.29, 1.82) is 0 Å². The fourth-order valence-electron chi connectivity index (χ4n) is 4.19. The normalized spacial score (nSPS) is 11.9. The van der Waals surface area contributed by atoms with E-state index in [1.54, 1.807) is 19.4 Å². The SMILES string of the molecule is COc1cc(NC(C)CCCNC(=O)c2c(C)[n+]([O-])c3ccc(OC)cc3[n+]2[O-])c2ncccc2c1. The molecule has 2 aromatic heterocycles. The molecular formula is C26H29N5O5. The third-order valence-electron chi connectivity index (χ3n) is 6.10. The van der Waals surface area contributed by atoms with Crippen LogP contribution in [0.3, 0.4) is 0 Å². The van der Waals surface area contributed by atoms with Gasteiger partial charge in [0.25, 0.3) is 16.7 Å². The van der Waals surface area contributed by atoms with Crippen molar-refractivity contribution in [3.8, 4) is 11.5 Å². The first-order valence-corrected chi connectivity index (χ1v) is 11.6. The van der Waals surface area contributed by atoms with E-state index < -0.39 is 5.91 Å². The molecule has 0 saturated carbocycles. The number of carbonyl (C=O) groups excluding carboxylic acids is 1. The summed E-state index contributed by atoms with van der Waals surface area (Å²) in [6.07, 6.45) is 3.16. The van der Waals surface area contributed by atoms with Crippen molar-refractivity contribution < 1.29 is 23.7 Å². The van der Waals surface area contributed by atoms with Crippen LogP contribution >= 0.6 is 0 Å². The summed E-state index contributed by atoms with van der Waals surface area (Å²) in [5, 5.41) is 32.8. The van der Waals surface area contributed by atoms with E-state index in [0.29, 0.717) is 28.2 Å². The Morgan fingerprint density at radius 1 is 1.06 bits per heavy atom. The summed E-state index contributed by atoms with van der Waals surface area (Å²) < 4.78 is 11.6. The lowest BCUT2D eigenvalue weighted by molar-refractivity contribution is -0.635. The van der Waals surface area contributed by atoms with E-state index in [0.717, 1.165) is 28.8 Å². The lowest BCUT2D eigenvalue weighted by Crippen LogP contribution is -2.48. The number of rotatable bonds is 9. The predicted octanol–water partition coefficient (Wildman–Crippen LogP) is 2.99. The topological polar surface area (TPSA) is 126 Å². The first-order chi connectivity index (χ1) is 17.3. The quantitative estimate of drug-likeness (QED) is 0.209. The smallest absolute Gasteiger partial charge is 0.350 e. The van der Waals surface area contributed by atoms with Gasteiger partial charge in [-0.1, -0.05) is 6.07 Å². The summed E-state index contributed by atoms with van der Waals surface area (Å²) >= 11 is 0. The summed E-state index contributed by atoms with van der Waals surface area (Å²) in [7, 11) is 3.09. The standard InChI is InChI=1S/C26H29N5O5/c1-16(29-21-14-20(36-4)13-18-8-6-11-27-24(18)21)7-5-12-28-26(32)25-17(2)30(33)22-10-9-19(35-3)15-23(22)31(25)34/h6,8-11,13-16,29H,5,7,12H2,1-4H3,(H,28,32). The van der Waals surface area contributed by atoms with Gasteiger partial charge in [-0.05, 0) is 38.0 Å². The number of carbonyl (C=O) groups is 1. The third kappa shape index (κ3) is 4.88. The van der Waals surface area contributed by atoms with Gasteiger partial charge in [-0.3, -0.25) is 9.78 Å². The minimum absolute atomic E-state index is 0.0348. The van der Waals surface area contributed by atoms with E-state index in [1.165, 1.54) is 26.2 Å². The number of ether oxygens (including phenoxy) is 2.